The van der Waals surface area contributed by atoms with E-state index in [1.807, 2.05) is 6.92 Å². The van der Waals surface area contributed by atoms with Gasteiger partial charge in [0.1, 0.15) is 0 Å². The fraction of sp³-hybridized carbons (Fsp3) is 0.800. The Hall–Kier alpha value is -0.900. The first-order chi connectivity index (χ1) is 6.77. The molecule has 1 fully saturated rings. The molecule has 0 saturated heterocycles. The molecule has 1 heterocycles. The fourth-order valence-electron chi connectivity index (χ4n) is 1.96. The van der Waals surface area contributed by atoms with Gasteiger partial charge >= 0.3 is 0 Å². The van der Waals surface area contributed by atoms with Crippen LogP contribution in [0.15, 0.2) is 4.52 Å². The van der Waals surface area contributed by atoms with Gasteiger partial charge in [0.15, 0.2) is 5.82 Å². The maximum Gasteiger partial charge on any atom is 0.243 e. The van der Waals surface area contributed by atoms with Crippen molar-refractivity contribution in [2.24, 2.45) is 5.73 Å². The van der Waals surface area contributed by atoms with Crippen LogP contribution in [-0.4, -0.2) is 10.1 Å². The molecule has 4 nitrogen and oxygen atoms in total. The highest BCUT2D eigenvalue weighted by Crippen LogP contribution is 2.31. The molecule has 0 unspecified atom stereocenters. The molecular weight excluding hydrogens is 178 g/mol. The molecule has 0 bridgehead atoms. The van der Waals surface area contributed by atoms with Gasteiger partial charge in [-0.15, -0.1) is 0 Å². The van der Waals surface area contributed by atoms with E-state index in [0.717, 1.165) is 5.82 Å². The van der Waals surface area contributed by atoms with E-state index >= 15 is 0 Å². The van der Waals surface area contributed by atoms with Crippen molar-refractivity contribution in [3.63, 3.8) is 0 Å². The van der Waals surface area contributed by atoms with Crippen LogP contribution in [0.5, 0.6) is 0 Å². The molecular formula is C10H17N3O. The molecule has 78 valence electrons. The van der Waals surface area contributed by atoms with Crippen LogP contribution in [0.2, 0.25) is 0 Å². The third kappa shape index (κ3) is 1.95. The number of nitrogens with zero attached hydrogens (tertiary/aromatic N) is 2. The lowest BCUT2D eigenvalue weighted by molar-refractivity contribution is 0.346. The maximum absolute atomic E-state index is 5.66. The molecule has 2 N–H and O–H groups in total. The van der Waals surface area contributed by atoms with Crippen LogP contribution >= 0.6 is 0 Å². The Balaban J connectivity index is 2.07. The first kappa shape index (κ1) is 9.65. The standard InChI is InChI=1S/C10H17N3O/c1-7(11)10-12-9(13-14-10)8-5-3-2-4-6-8/h7-8H,2-6,11H2,1H3/t7-/m0/s1. The molecule has 1 saturated carbocycles. The summed E-state index contributed by atoms with van der Waals surface area (Å²) in [5.74, 6) is 1.92. The predicted octanol–water partition coefficient (Wildman–Crippen LogP) is 2.14. The lowest BCUT2D eigenvalue weighted by Crippen LogP contribution is -2.08. The normalized spacial score (nSPS) is 21.0. The quantitative estimate of drug-likeness (QED) is 0.785. The summed E-state index contributed by atoms with van der Waals surface area (Å²) in [4.78, 5) is 4.33. The van der Waals surface area contributed by atoms with Crippen molar-refractivity contribution in [2.45, 2.75) is 51.0 Å². The van der Waals surface area contributed by atoms with E-state index in [1.165, 1.54) is 32.1 Å². The molecule has 0 amide bonds. The number of hydrogen-bond donors (Lipinski definition) is 1. The average Bonchev–Trinajstić information content (AvgIpc) is 2.68. The van der Waals surface area contributed by atoms with Crippen molar-refractivity contribution in [3.05, 3.63) is 11.7 Å². The van der Waals surface area contributed by atoms with Gasteiger partial charge in [-0.1, -0.05) is 24.4 Å². The Morgan fingerprint density at radius 3 is 2.64 bits per heavy atom. The highest BCUT2D eigenvalue weighted by Gasteiger charge is 2.21. The predicted molar refractivity (Wildman–Crippen MR) is 52.7 cm³/mol. The second kappa shape index (κ2) is 4.09. The fourth-order valence-corrected chi connectivity index (χ4v) is 1.96. The van der Waals surface area contributed by atoms with E-state index in [1.54, 1.807) is 0 Å². The van der Waals surface area contributed by atoms with Crippen molar-refractivity contribution >= 4 is 0 Å². The van der Waals surface area contributed by atoms with Crippen LogP contribution < -0.4 is 5.73 Å². The molecule has 4 heteroatoms. The molecule has 14 heavy (non-hydrogen) atoms. The summed E-state index contributed by atoms with van der Waals surface area (Å²) in [5, 5.41) is 4.00. The van der Waals surface area contributed by atoms with Gasteiger partial charge in [0.05, 0.1) is 6.04 Å². The van der Waals surface area contributed by atoms with Crippen molar-refractivity contribution in [1.29, 1.82) is 0 Å². The van der Waals surface area contributed by atoms with Gasteiger partial charge in [-0.05, 0) is 19.8 Å². The molecule has 2 rings (SSSR count). The topological polar surface area (TPSA) is 64.9 Å². The molecule has 0 spiro atoms. The summed E-state index contributed by atoms with van der Waals surface area (Å²) in [6.07, 6.45) is 6.30. The van der Waals surface area contributed by atoms with Crippen molar-refractivity contribution < 1.29 is 4.52 Å². The third-order valence-electron chi connectivity index (χ3n) is 2.82. The summed E-state index contributed by atoms with van der Waals surface area (Å²) < 4.78 is 5.09. The zero-order valence-corrected chi connectivity index (χ0v) is 8.57. The van der Waals surface area contributed by atoms with E-state index in [9.17, 15) is 0 Å². The largest absolute Gasteiger partial charge is 0.338 e. The number of aromatic nitrogens is 2. The van der Waals surface area contributed by atoms with E-state index < -0.39 is 0 Å². The molecule has 1 aromatic rings. The number of nitrogens with two attached hydrogens (primary N) is 1. The molecule has 0 aliphatic heterocycles. The highest BCUT2D eigenvalue weighted by atomic mass is 16.5. The Kier molecular flexibility index (Phi) is 2.82. The summed E-state index contributed by atoms with van der Waals surface area (Å²) in [5.41, 5.74) is 5.66. The van der Waals surface area contributed by atoms with Crippen LogP contribution in [0.4, 0.5) is 0 Å². The monoisotopic (exact) mass is 195 g/mol. The third-order valence-corrected chi connectivity index (χ3v) is 2.82. The average molecular weight is 195 g/mol. The number of hydrogen-bond acceptors (Lipinski definition) is 4. The Labute approximate surface area is 83.9 Å². The summed E-state index contributed by atoms with van der Waals surface area (Å²) >= 11 is 0. The smallest absolute Gasteiger partial charge is 0.243 e. The second-order valence-electron chi connectivity index (χ2n) is 4.11. The number of rotatable bonds is 2. The highest BCUT2D eigenvalue weighted by molar-refractivity contribution is 4.98. The van der Waals surface area contributed by atoms with Crippen LogP contribution in [0.1, 0.15) is 62.7 Å². The van der Waals surface area contributed by atoms with E-state index in [-0.39, 0.29) is 6.04 Å². The Morgan fingerprint density at radius 1 is 1.36 bits per heavy atom. The summed E-state index contributed by atoms with van der Waals surface area (Å²) in [6.45, 7) is 1.86. The van der Waals surface area contributed by atoms with E-state index in [4.69, 9.17) is 10.3 Å². The van der Waals surface area contributed by atoms with Gasteiger partial charge in [0.25, 0.3) is 0 Å². The molecule has 1 aromatic heterocycles. The first-order valence-corrected chi connectivity index (χ1v) is 5.36. The molecule has 1 aliphatic rings. The van der Waals surface area contributed by atoms with E-state index in [2.05, 4.69) is 10.1 Å². The Morgan fingerprint density at radius 2 is 2.07 bits per heavy atom. The first-order valence-electron chi connectivity index (χ1n) is 5.36. The van der Waals surface area contributed by atoms with Crippen molar-refractivity contribution in [3.8, 4) is 0 Å². The van der Waals surface area contributed by atoms with Crippen LogP contribution in [-0.2, 0) is 0 Å². The van der Waals surface area contributed by atoms with Gasteiger partial charge in [-0.2, -0.15) is 4.98 Å². The summed E-state index contributed by atoms with van der Waals surface area (Å²) in [6, 6.07) is -0.153. The second-order valence-corrected chi connectivity index (χ2v) is 4.11. The minimum atomic E-state index is -0.153. The van der Waals surface area contributed by atoms with Crippen molar-refractivity contribution in [1.82, 2.24) is 10.1 Å². The van der Waals surface area contributed by atoms with E-state index in [0.29, 0.717) is 11.8 Å². The van der Waals surface area contributed by atoms with Crippen LogP contribution in [0, 0.1) is 0 Å². The molecule has 0 aromatic carbocycles. The minimum Gasteiger partial charge on any atom is -0.338 e. The lowest BCUT2D eigenvalue weighted by atomic mass is 9.89. The maximum atomic E-state index is 5.66. The summed E-state index contributed by atoms with van der Waals surface area (Å²) in [7, 11) is 0. The Bertz CT molecular complexity index is 289. The van der Waals surface area contributed by atoms with Crippen molar-refractivity contribution in [2.75, 3.05) is 0 Å². The van der Waals surface area contributed by atoms with Gasteiger partial charge in [-0.3, -0.25) is 0 Å². The van der Waals surface area contributed by atoms with Gasteiger partial charge < -0.3 is 10.3 Å². The lowest BCUT2D eigenvalue weighted by Gasteiger charge is -2.17. The van der Waals surface area contributed by atoms with Crippen LogP contribution in [0.25, 0.3) is 0 Å². The molecule has 1 aliphatic carbocycles. The zero-order chi connectivity index (χ0) is 9.97. The SMILES string of the molecule is C[C@H](N)c1nc(C2CCCCC2)no1. The van der Waals surface area contributed by atoms with Gasteiger partial charge in [-0.25, -0.2) is 0 Å². The van der Waals surface area contributed by atoms with Crippen LogP contribution in [0.3, 0.4) is 0 Å². The molecule has 0 radical (unpaired) electrons. The van der Waals surface area contributed by atoms with Gasteiger partial charge in [0.2, 0.25) is 5.89 Å². The minimum absolute atomic E-state index is 0.153. The zero-order valence-electron chi connectivity index (χ0n) is 8.57. The molecule has 1 atom stereocenters. The van der Waals surface area contributed by atoms with Gasteiger partial charge in [0, 0.05) is 5.92 Å².